The van der Waals surface area contributed by atoms with Crippen LogP contribution < -0.4 is 0 Å². The SMILES string of the molecule is CCCCC(C)COC(COC)C(=O)CC(C)CCCC. The first-order valence-electron chi connectivity index (χ1n) is 8.68. The molecule has 0 aliphatic rings. The van der Waals surface area contributed by atoms with Gasteiger partial charge in [0, 0.05) is 13.5 Å². The summed E-state index contributed by atoms with van der Waals surface area (Å²) in [6.45, 7) is 9.75. The number of carbonyl (C=O) groups is 1. The molecule has 0 aromatic rings. The molecule has 0 N–H and O–H groups in total. The van der Waals surface area contributed by atoms with Gasteiger partial charge in [-0.05, 0) is 18.3 Å². The molecule has 3 unspecified atom stereocenters. The molecule has 21 heavy (non-hydrogen) atoms. The third kappa shape index (κ3) is 10.9. The molecule has 3 nitrogen and oxygen atoms in total. The van der Waals surface area contributed by atoms with Gasteiger partial charge >= 0.3 is 0 Å². The third-order valence-corrected chi connectivity index (χ3v) is 3.91. The Morgan fingerprint density at radius 2 is 1.52 bits per heavy atom. The highest BCUT2D eigenvalue weighted by atomic mass is 16.5. The fourth-order valence-electron chi connectivity index (χ4n) is 2.43. The number of unbranched alkanes of at least 4 members (excludes halogenated alkanes) is 2. The maximum atomic E-state index is 12.3. The molecule has 0 bridgehead atoms. The van der Waals surface area contributed by atoms with E-state index in [9.17, 15) is 4.79 Å². The molecule has 0 amide bonds. The van der Waals surface area contributed by atoms with Crippen molar-refractivity contribution >= 4 is 5.78 Å². The molecule has 0 aliphatic carbocycles. The molecule has 0 spiro atoms. The van der Waals surface area contributed by atoms with E-state index < -0.39 is 0 Å². The Labute approximate surface area is 131 Å². The lowest BCUT2D eigenvalue weighted by atomic mass is 9.96. The van der Waals surface area contributed by atoms with Crippen LogP contribution in [0.4, 0.5) is 0 Å². The Morgan fingerprint density at radius 3 is 2.05 bits per heavy atom. The molecule has 126 valence electrons. The lowest BCUT2D eigenvalue weighted by Crippen LogP contribution is -2.31. The highest BCUT2D eigenvalue weighted by Crippen LogP contribution is 2.15. The molecule has 0 saturated heterocycles. The monoisotopic (exact) mass is 300 g/mol. The van der Waals surface area contributed by atoms with E-state index in [4.69, 9.17) is 9.47 Å². The molecular formula is C18H36O3. The van der Waals surface area contributed by atoms with Crippen molar-refractivity contribution in [2.45, 2.75) is 78.7 Å². The minimum Gasteiger partial charge on any atom is -0.382 e. The fraction of sp³-hybridized carbons (Fsp3) is 0.944. The summed E-state index contributed by atoms with van der Waals surface area (Å²) in [5.74, 6) is 1.15. The lowest BCUT2D eigenvalue weighted by Gasteiger charge is -2.20. The second-order valence-electron chi connectivity index (χ2n) is 6.44. The van der Waals surface area contributed by atoms with Crippen molar-refractivity contribution in [3.05, 3.63) is 0 Å². The second-order valence-corrected chi connectivity index (χ2v) is 6.44. The zero-order valence-electron chi connectivity index (χ0n) is 14.8. The number of hydrogen-bond acceptors (Lipinski definition) is 3. The summed E-state index contributed by atoms with van der Waals surface area (Å²) >= 11 is 0. The molecule has 0 radical (unpaired) electrons. The van der Waals surface area contributed by atoms with Crippen LogP contribution in [-0.4, -0.2) is 32.2 Å². The maximum absolute atomic E-state index is 12.3. The van der Waals surface area contributed by atoms with Crippen molar-refractivity contribution in [1.82, 2.24) is 0 Å². The van der Waals surface area contributed by atoms with E-state index in [1.165, 1.54) is 25.7 Å². The average Bonchev–Trinajstić information content (AvgIpc) is 2.46. The Hall–Kier alpha value is -0.410. The van der Waals surface area contributed by atoms with E-state index in [-0.39, 0.29) is 11.9 Å². The Bertz CT molecular complexity index is 253. The van der Waals surface area contributed by atoms with Crippen LogP contribution in [0.25, 0.3) is 0 Å². The zero-order valence-corrected chi connectivity index (χ0v) is 14.8. The normalized spacial score (nSPS) is 15.7. The number of Topliss-reactive ketones (excluding diaryl/α,β-unsaturated/α-hetero) is 1. The molecule has 3 atom stereocenters. The van der Waals surface area contributed by atoms with Crippen molar-refractivity contribution in [3.8, 4) is 0 Å². The average molecular weight is 300 g/mol. The molecule has 0 saturated carbocycles. The standard InChI is InChI=1S/C18H36O3/c1-6-8-10-15(3)12-17(19)18(14-20-5)21-13-16(4)11-9-7-2/h15-16,18H,6-14H2,1-5H3. The predicted octanol–water partition coefficient (Wildman–Crippen LogP) is 4.63. The van der Waals surface area contributed by atoms with Gasteiger partial charge in [-0.2, -0.15) is 0 Å². The van der Waals surface area contributed by atoms with E-state index >= 15 is 0 Å². The highest BCUT2D eigenvalue weighted by Gasteiger charge is 2.21. The van der Waals surface area contributed by atoms with Crippen molar-refractivity contribution in [1.29, 1.82) is 0 Å². The second kappa shape index (κ2) is 13.3. The van der Waals surface area contributed by atoms with Gasteiger partial charge in [0.1, 0.15) is 6.10 Å². The number of carbonyl (C=O) groups excluding carboxylic acids is 1. The Balaban J connectivity index is 4.16. The van der Waals surface area contributed by atoms with E-state index in [1.807, 2.05) is 0 Å². The molecule has 0 aromatic carbocycles. The smallest absolute Gasteiger partial charge is 0.164 e. The van der Waals surface area contributed by atoms with Crippen LogP contribution in [0.3, 0.4) is 0 Å². The van der Waals surface area contributed by atoms with Crippen molar-refractivity contribution < 1.29 is 14.3 Å². The van der Waals surface area contributed by atoms with Gasteiger partial charge in [0.05, 0.1) is 13.2 Å². The Kier molecular flexibility index (Phi) is 13.0. The summed E-state index contributed by atoms with van der Waals surface area (Å²) in [4.78, 5) is 12.3. The molecule has 3 heteroatoms. The number of hydrogen-bond donors (Lipinski definition) is 0. The number of methoxy groups -OCH3 is 1. The van der Waals surface area contributed by atoms with E-state index in [0.29, 0.717) is 31.5 Å². The molecule has 0 heterocycles. The largest absolute Gasteiger partial charge is 0.382 e. The van der Waals surface area contributed by atoms with Crippen molar-refractivity contribution in [2.24, 2.45) is 11.8 Å². The van der Waals surface area contributed by atoms with E-state index in [1.54, 1.807) is 7.11 Å². The molecular weight excluding hydrogens is 264 g/mol. The van der Waals surface area contributed by atoms with Gasteiger partial charge in [0.15, 0.2) is 5.78 Å². The highest BCUT2D eigenvalue weighted by molar-refractivity contribution is 5.83. The fourth-order valence-corrected chi connectivity index (χ4v) is 2.43. The summed E-state index contributed by atoms with van der Waals surface area (Å²) < 4.78 is 11.0. The van der Waals surface area contributed by atoms with Gasteiger partial charge in [-0.1, -0.05) is 59.8 Å². The summed E-state index contributed by atoms with van der Waals surface area (Å²) in [5, 5.41) is 0. The van der Waals surface area contributed by atoms with Crippen LogP contribution in [0, 0.1) is 11.8 Å². The summed E-state index contributed by atoms with van der Waals surface area (Å²) in [6.07, 6.45) is 7.32. The van der Waals surface area contributed by atoms with Crippen LogP contribution in [0.2, 0.25) is 0 Å². The van der Waals surface area contributed by atoms with Crippen molar-refractivity contribution in [3.63, 3.8) is 0 Å². The minimum atomic E-state index is -0.386. The van der Waals surface area contributed by atoms with Crippen LogP contribution >= 0.6 is 0 Å². The van der Waals surface area contributed by atoms with Crippen molar-refractivity contribution in [2.75, 3.05) is 20.3 Å². The number of ether oxygens (including phenoxy) is 2. The number of rotatable bonds is 14. The number of ketones is 1. The van der Waals surface area contributed by atoms with Crippen LogP contribution in [0.1, 0.15) is 72.6 Å². The van der Waals surface area contributed by atoms with E-state index in [0.717, 1.165) is 12.8 Å². The van der Waals surface area contributed by atoms with Crippen LogP contribution in [0.15, 0.2) is 0 Å². The summed E-state index contributed by atoms with van der Waals surface area (Å²) in [5.41, 5.74) is 0. The Morgan fingerprint density at radius 1 is 0.952 bits per heavy atom. The van der Waals surface area contributed by atoms with Gasteiger partial charge in [-0.3, -0.25) is 4.79 Å². The molecule has 0 rings (SSSR count). The predicted molar refractivity (Wildman–Crippen MR) is 88.6 cm³/mol. The van der Waals surface area contributed by atoms with Gasteiger partial charge in [-0.25, -0.2) is 0 Å². The van der Waals surface area contributed by atoms with Gasteiger partial charge in [0.25, 0.3) is 0 Å². The quantitative estimate of drug-likeness (QED) is 0.469. The topological polar surface area (TPSA) is 35.5 Å². The first kappa shape index (κ1) is 20.6. The van der Waals surface area contributed by atoms with Crippen LogP contribution in [0.5, 0.6) is 0 Å². The van der Waals surface area contributed by atoms with Gasteiger partial charge < -0.3 is 9.47 Å². The van der Waals surface area contributed by atoms with Gasteiger partial charge in [0.2, 0.25) is 0 Å². The van der Waals surface area contributed by atoms with E-state index in [2.05, 4.69) is 27.7 Å². The van der Waals surface area contributed by atoms with Crippen LogP contribution in [-0.2, 0) is 14.3 Å². The molecule has 0 aromatic heterocycles. The summed E-state index contributed by atoms with van der Waals surface area (Å²) in [7, 11) is 1.63. The maximum Gasteiger partial charge on any atom is 0.164 e. The first-order valence-corrected chi connectivity index (χ1v) is 8.68. The molecule has 0 aliphatic heterocycles. The minimum absolute atomic E-state index is 0.197. The molecule has 0 fully saturated rings. The third-order valence-electron chi connectivity index (χ3n) is 3.91. The lowest BCUT2D eigenvalue weighted by molar-refractivity contribution is -0.135. The van der Waals surface area contributed by atoms with Gasteiger partial charge in [-0.15, -0.1) is 0 Å². The summed E-state index contributed by atoms with van der Waals surface area (Å²) in [6, 6.07) is 0. The zero-order chi connectivity index (χ0) is 16.1. The first-order chi connectivity index (χ1) is 10.0.